The molecule has 4 aromatic heterocycles. The Hall–Kier alpha value is -3.74. The maximum absolute atomic E-state index is 6.47. The molecule has 12 nitrogen and oxygen atoms in total. The molecular weight excluding hydrogens is 942 g/mol. The summed E-state index contributed by atoms with van der Waals surface area (Å²) in [5.74, 6) is 0.773. The number of benzene rings is 4. The molecular formula is C34H20Br2Cl4N12S2. The summed E-state index contributed by atoms with van der Waals surface area (Å²) in [6.07, 6.45) is 3.39. The van der Waals surface area contributed by atoms with Gasteiger partial charge in [-0.2, -0.15) is 19.8 Å². The maximum Gasteiger partial charge on any atom is 0.209 e. The fraction of sp³-hybridized carbons (Fsp3) is 0.0588. The van der Waals surface area contributed by atoms with Crippen LogP contribution in [-0.4, -0.2) is 60.0 Å². The zero-order chi connectivity index (χ0) is 37.3. The van der Waals surface area contributed by atoms with Gasteiger partial charge in [0.05, 0.1) is 68.1 Å². The molecule has 0 saturated heterocycles. The Morgan fingerprint density at radius 1 is 0.519 bits per heavy atom. The third kappa shape index (κ3) is 8.11. The first-order valence-corrected chi connectivity index (χ1v) is 20.9. The number of halogens is 6. The summed E-state index contributed by atoms with van der Waals surface area (Å²) in [5.41, 5.74) is 4.67. The van der Waals surface area contributed by atoms with Crippen molar-refractivity contribution in [1.82, 2.24) is 60.0 Å². The monoisotopic (exact) mass is 958 g/mol. The van der Waals surface area contributed by atoms with Crippen LogP contribution < -0.4 is 0 Å². The third-order valence-electron chi connectivity index (χ3n) is 7.81. The Morgan fingerprint density at radius 2 is 0.926 bits per heavy atom. The van der Waals surface area contributed by atoms with Crippen LogP contribution >= 0.6 is 99.9 Å². The zero-order valence-electron chi connectivity index (χ0n) is 27.1. The fourth-order valence-electron chi connectivity index (χ4n) is 5.16. The van der Waals surface area contributed by atoms with E-state index in [1.54, 1.807) is 46.0 Å². The average molecular weight is 962 g/mol. The Morgan fingerprint density at radius 3 is 1.31 bits per heavy atom. The molecule has 0 aliphatic heterocycles. The standard InChI is InChI=1S/C34H20Br2Cl4N12S2/c35-21-5-1-19(2-6-21)17-49-45-31(43-47-49)25-15-41-51(23-9-11-27(37)29(39)13-23)33(25)53-54-34-26(16-42-52(34)24-10-12-28(38)30(40)14-24)32-44-48-50(46-32)18-20-3-7-22(36)8-4-20/h1-16H,17-18H2. The van der Waals surface area contributed by atoms with E-state index >= 15 is 0 Å². The molecule has 0 aliphatic carbocycles. The second-order valence-electron chi connectivity index (χ2n) is 11.5. The summed E-state index contributed by atoms with van der Waals surface area (Å²) < 4.78 is 5.46. The largest absolute Gasteiger partial charge is 0.226 e. The molecule has 4 aromatic carbocycles. The van der Waals surface area contributed by atoms with Crippen molar-refractivity contribution in [2.45, 2.75) is 23.1 Å². The van der Waals surface area contributed by atoms with Gasteiger partial charge in [0.25, 0.3) is 0 Å². The summed E-state index contributed by atoms with van der Waals surface area (Å²) in [6, 6.07) is 26.4. The lowest BCUT2D eigenvalue weighted by Gasteiger charge is -2.11. The predicted molar refractivity (Wildman–Crippen MR) is 219 cm³/mol. The van der Waals surface area contributed by atoms with E-state index < -0.39 is 0 Å². The van der Waals surface area contributed by atoms with Crippen molar-refractivity contribution in [3.63, 3.8) is 0 Å². The van der Waals surface area contributed by atoms with E-state index in [4.69, 9.17) is 66.8 Å². The van der Waals surface area contributed by atoms with Crippen LogP contribution in [0.5, 0.6) is 0 Å². The number of rotatable bonds is 11. The molecule has 0 amide bonds. The van der Waals surface area contributed by atoms with E-state index in [0.29, 0.717) is 77.4 Å². The van der Waals surface area contributed by atoms with Gasteiger partial charge in [-0.1, -0.05) is 103 Å². The van der Waals surface area contributed by atoms with E-state index in [0.717, 1.165) is 20.1 Å². The molecule has 54 heavy (non-hydrogen) atoms. The normalized spacial score (nSPS) is 11.4. The first kappa shape index (κ1) is 37.2. The second-order valence-corrected chi connectivity index (χ2v) is 17.0. The number of hydrogen-bond acceptors (Lipinski definition) is 10. The average Bonchev–Trinajstić information content (AvgIpc) is 3.98. The van der Waals surface area contributed by atoms with E-state index in [2.05, 4.69) is 52.5 Å². The molecule has 0 fully saturated rings. The van der Waals surface area contributed by atoms with Crippen LogP contribution in [0.1, 0.15) is 11.1 Å². The summed E-state index contributed by atoms with van der Waals surface area (Å²) in [7, 11) is 2.80. The van der Waals surface area contributed by atoms with E-state index in [1.165, 1.54) is 31.2 Å². The third-order valence-corrected chi connectivity index (χ3v) is 12.7. The van der Waals surface area contributed by atoms with Gasteiger partial charge in [0.1, 0.15) is 10.1 Å². The van der Waals surface area contributed by atoms with Gasteiger partial charge in [0.2, 0.25) is 11.6 Å². The maximum atomic E-state index is 6.47. The van der Waals surface area contributed by atoms with Gasteiger partial charge < -0.3 is 0 Å². The highest BCUT2D eigenvalue weighted by Gasteiger charge is 2.24. The Balaban J connectivity index is 1.17. The lowest BCUT2D eigenvalue weighted by Crippen LogP contribution is -2.04. The molecule has 0 spiro atoms. The Bertz CT molecular complexity index is 2430. The first-order valence-electron chi connectivity index (χ1n) is 15.6. The van der Waals surface area contributed by atoms with Crippen LogP contribution in [-0.2, 0) is 13.1 Å². The van der Waals surface area contributed by atoms with Crippen molar-refractivity contribution in [3.05, 3.63) is 137 Å². The molecule has 0 bridgehead atoms. The van der Waals surface area contributed by atoms with Crippen LogP contribution in [0.2, 0.25) is 20.1 Å². The van der Waals surface area contributed by atoms with Crippen LogP contribution in [0, 0.1) is 0 Å². The van der Waals surface area contributed by atoms with Gasteiger partial charge >= 0.3 is 0 Å². The van der Waals surface area contributed by atoms with E-state index in [1.807, 2.05) is 60.7 Å². The van der Waals surface area contributed by atoms with Crippen LogP contribution in [0.4, 0.5) is 0 Å². The van der Waals surface area contributed by atoms with Gasteiger partial charge in [0.15, 0.2) is 0 Å². The molecule has 0 N–H and O–H groups in total. The topological polar surface area (TPSA) is 123 Å². The lowest BCUT2D eigenvalue weighted by molar-refractivity contribution is 0.572. The summed E-state index contributed by atoms with van der Waals surface area (Å²) in [6.45, 7) is 0.861. The quantitative estimate of drug-likeness (QED) is 0.116. The van der Waals surface area contributed by atoms with Crippen molar-refractivity contribution in [2.75, 3.05) is 0 Å². The Labute approximate surface area is 351 Å². The van der Waals surface area contributed by atoms with Crippen molar-refractivity contribution in [3.8, 4) is 34.2 Å². The van der Waals surface area contributed by atoms with Crippen LogP contribution in [0.25, 0.3) is 34.2 Å². The highest BCUT2D eigenvalue weighted by atomic mass is 79.9. The van der Waals surface area contributed by atoms with Gasteiger partial charge in [-0.3, -0.25) is 0 Å². The van der Waals surface area contributed by atoms with Crippen molar-refractivity contribution in [1.29, 1.82) is 0 Å². The van der Waals surface area contributed by atoms with Gasteiger partial charge in [0, 0.05) is 8.95 Å². The smallest absolute Gasteiger partial charge is 0.209 e. The number of aromatic nitrogens is 12. The van der Waals surface area contributed by atoms with Gasteiger partial charge in [-0.25, -0.2) is 9.36 Å². The molecule has 8 rings (SSSR count). The van der Waals surface area contributed by atoms with Crippen molar-refractivity contribution in [2.24, 2.45) is 0 Å². The molecule has 0 saturated carbocycles. The SMILES string of the molecule is Clc1ccc(-n2ncc(-c3nnn(Cc4ccc(Br)cc4)n3)c2SSc2c(-c3nnn(Cc4ccc(Br)cc4)n3)cnn2-c2ccc(Cl)c(Cl)c2)cc1Cl. The summed E-state index contributed by atoms with van der Waals surface area (Å²) >= 11 is 32.5. The fourth-order valence-corrected chi connectivity index (χ4v) is 8.79. The molecule has 8 aromatic rings. The molecule has 0 atom stereocenters. The minimum Gasteiger partial charge on any atom is -0.226 e. The molecule has 270 valence electrons. The number of hydrogen-bond donors (Lipinski definition) is 0. The van der Waals surface area contributed by atoms with Gasteiger partial charge in [-0.05, 0) is 104 Å². The van der Waals surface area contributed by atoms with Crippen LogP contribution in [0.3, 0.4) is 0 Å². The van der Waals surface area contributed by atoms with Crippen molar-refractivity contribution >= 4 is 99.9 Å². The minimum atomic E-state index is 0.380. The Kier molecular flexibility index (Phi) is 11.1. The molecule has 0 unspecified atom stereocenters. The van der Waals surface area contributed by atoms with Crippen molar-refractivity contribution < 1.29 is 0 Å². The van der Waals surface area contributed by atoms with E-state index in [-0.39, 0.29) is 0 Å². The second kappa shape index (κ2) is 16.2. The first-order chi connectivity index (χ1) is 26.2. The molecule has 0 radical (unpaired) electrons. The van der Waals surface area contributed by atoms with E-state index in [9.17, 15) is 0 Å². The highest BCUT2D eigenvalue weighted by Crippen LogP contribution is 2.46. The van der Waals surface area contributed by atoms with Crippen LogP contribution in [0.15, 0.2) is 116 Å². The zero-order valence-corrected chi connectivity index (χ0v) is 34.9. The predicted octanol–water partition coefficient (Wildman–Crippen LogP) is 10.4. The summed E-state index contributed by atoms with van der Waals surface area (Å²) in [5, 5.41) is 39.3. The number of nitrogens with zero attached hydrogens (tertiary/aromatic N) is 12. The lowest BCUT2D eigenvalue weighted by atomic mass is 10.2. The minimum absolute atomic E-state index is 0.380. The number of tetrazole rings is 2. The summed E-state index contributed by atoms with van der Waals surface area (Å²) in [4.78, 5) is 3.08. The van der Waals surface area contributed by atoms with Gasteiger partial charge in [-0.15, -0.1) is 20.4 Å². The molecule has 20 heteroatoms. The highest BCUT2D eigenvalue weighted by molar-refractivity contribution is 9.10. The molecule has 4 heterocycles. The molecule has 0 aliphatic rings.